The van der Waals surface area contributed by atoms with Crippen LogP contribution in [0.3, 0.4) is 0 Å². The third-order valence-corrected chi connectivity index (χ3v) is 6.11. The van der Waals surface area contributed by atoms with Crippen LogP contribution in [0.4, 0.5) is 5.69 Å². The molecule has 1 amide bonds. The van der Waals surface area contributed by atoms with Gasteiger partial charge >= 0.3 is 11.2 Å². The summed E-state index contributed by atoms with van der Waals surface area (Å²) in [5.41, 5.74) is 5.96. The number of carbonyl (C=O) groups excluding carboxylic acids is 1. The maximum Gasteiger partial charge on any atom is 0.334 e. The number of aryl methyl sites for hydroxylation is 1. The fraction of sp³-hybridized carbons (Fsp3) is 0.200. The lowest BCUT2D eigenvalue weighted by molar-refractivity contribution is -0.386. The number of nitro groups is 1. The Morgan fingerprint density at radius 2 is 1.89 bits per heavy atom. The lowest BCUT2D eigenvalue weighted by Gasteiger charge is -2.19. The Kier molecular flexibility index (Phi) is 5.48. The molecule has 0 spiro atoms. The van der Waals surface area contributed by atoms with Crippen molar-refractivity contribution in [1.29, 1.82) is 0 Å². The van der Waals surface area contributed by atoms with Gasteiger partial charge in [-0.25, -0.2) is 10.4 Å². The van der Waals surface area contributed by atoms with Crippen LogP contribution >= 0.6 is 0 Å². The Bertz CT molecular complexity index is 1570. The first-order valence-corrected chi connectivity index (χ1v) is 11.1. The molecule has 35 heavy (non-hydrogen) atoms. The zero-order valence-electron chi connectivity index (χ0n) is 19.1. The van der Waals surface area contributed by atoms with Crippen LogP contribution in [-0.4, -0.2) is 30.7 Å². The molecular weight excluding hydrogens is 448 g/mol. The van der Waals surface area contributed by atoms with E-state index in [2.05, 4.69) is 10.5 Å². The lowest BCUT2D eigenvalue weighted by atomic mass is 9.94. The lowest BCUT2D eigenvalue weighted by Crippen LogP contribution is -2.31. The van der Waals surface area contributed by atoms with E-state index in [1.54, 1.807) is 6.20 Å². The number of carbonyl (C=O) groups is 1. The number of hydrazone groups is 1. The van der Waals surface area contributed by atoms with Crippen molar-refractivity contribution >= 4 is 28.3 Å². The first-order chi connectivity index (χ1) is 16.8. The van der Waals surface area contributed by atoms with Gasteiger partial charge in [-0.15, -0.1) is 0 Å². The van der Waals surface area contributed by atoms with Crippen molar-refractivity contribution in [3.63, 3.8) is 0 Å². The van der Waals surface area contributed by atoms with E-state index in [0.29, 0.717) is 29.9 Å². The van der Waals surface area contributed by atoms with E-state index in [9.17, 15) is 19.7 Å². The van der Waals surface area contributed by atoms with Gasteiger partial charge in [0.15, 0.2) is 0 Å². The summed E-state index contributed by atoms with van der Waals surface area (Å²) in [6, 6.07) is 16.9. The summed E-state index contributed by atoms with van der Waals surface area (Å²) in [4.78, 5) is 39.6. The van der Waals surface area contributed by atoms with Gasteiger partial charge in [0.05, 0.1) is 21.7 Å². The maximum atomic E-state index is 12.3. The summed E-state index contributed by atoms with van der Waals surface area (Å²) >= 11 is 0. The van der Waals surface area contributed by atoms with Crippen LogP contribution in [0.15, 0.2) is 70.7 Å². The van der Waals surface area contributed by atoms with Gasteiger partial charge < -0.3 is 9.13 Å². The summed E-state index contributed by atoms with van der Waals surface area (Å²) in [5.74, 6) is 0.345. The standard InChI is InChI=1S/C25H22N6O4/c1-15-10-22(32)27-28-23(15)17-8-9-20-19(11-17)26-24(30(20)13-16-6-4-3-5-7-16)18-12-21(31(34)35)25(33)29(2)14-18/h3-9,11-12,14-15H,10,13H2,1-2H3,(H,27,32). The molecule has 176 valence electrons. The van der Waals surface area contributed by atoms with E-state index in [4.69, 9.17) is 4.98 Å². The van der Waals surface area contributed by atoms with Gasteiger partial charge in [0.2, 0.25) is 5.91 Å². The van der Waals surface area contributed by atoms with Gasteiger partial charge in [-0.2, -0.15) is 5.10 Å². The number of aromatic nitrogens is 3. The molecule has 0 saturated carbocycles. The molecule has 1 aliphatic heterocycles. The molecule has 1 unspecified atom stereocenters. The van der Waals surface area contributed by atoms with Crippen molar-refractivity contribution in [3.05, 3.63) is 92.4 Å². The number of hydrogen-bond acceptors (Lipinski definition) is 6. The number of pyridine rings is 1. The highest BCUT2D eigenvalue weighted by Crippen LogP contribution is 2.29. The smallest absolute Gasteiger partial charge is 0.319 e. The van der Waals surface area contributed by atoms with Crippen molar-refractivity contribution in [2.45, 2.75) is 19.9 Å². The molecule has 1 aliphatic rings. The number of fused-ring (bicyclic) bond motifs is 1. The average molecular weight is 470 g/mol. The third kappa shape index (κ3) is 4.10. The molecule has 0 bridgehead atoms. The number of rotatable bonds is 5. The molecule has 0 fully saturated rings. The molecule has 10 heteroatoms. The quantitative estimate of drug-likeness (QED) is 0.354. The normalized spacial score (nSPS) is 15.7. The van der Waals surface area contributed by atoms with E-state index >= 15 is 0 Å². The minimum atomic E-state index is -0.682. The topological polar surface area (TPSA) is 124 Å². The molecule has 10 nitrogen and oxygen atoms in total. The van der Waals surface area contributed by atoms with E-state index in [1.807, 2.05) is 60.0 Å². The number of amides is 1. The number of nitrogens with zero attached hydrogens (tertiary/aromatic N) is 5. The highest BCUT2D eigenvalue weighted by atomic mass is 16.6. The van der Waals surface area contributed by atoms with Gasteiger partial charge in [0, 0.05) is 49.3 Å². The van der Waals surface area contributed by atoms with Crippen LogP contribution in [0, 0.1) is 16.0 Å². The molecule has 1 N–H and O–H groups in total. The SMILES string of the molecule is CC1CC(=O)NN=C1c1ccc2c(c1)nc(-c1cc([N+](=O)[O-])c(=O)n(C)c1)n2Cc1ccccc1. The molecule has 3 heterocycles. The molecular formula is C25H22N6O4. The molecule has 0 aliphatic carbocycles. The van der Waals surface area contributed by atoms with Crippen molar-refractivity contribution in [3.8, 4) is 11.4 Å². The zero-order chi connectivity index (χ0) is 24.7. The second kappa shape index (κ2) is 8.64. The van der Waals surface area contributed by atoms with Crippen LogP contribution in [0.2, 0.25) is 0 Å². The van der Waals surface area contributed by atoms with Crippen LogP contribution < -0.4 is 11.0 Å². The second-order valence-electron chi connectivity index (χ2n) is 8.64. The van der Waals surface area contributed by atoms with Crippen LogP contribution in [0.1, 0.15) is 24.5 Å². The van der Waals surface area contributed by atoms with E-state index in [-0.39, 0.29) is 11.8 Å². The fourth-order valence-electron chi connectivity index (χ4n) is 4.39. The first kappa shape index (κ1) is 22.2. The van der Waals surface area contributed by atoms with E-state index in [1.165, 1.54) is 17.7 Å². The van der Waals surface area contributed by atoms with Gasteiger partial charge in [-0.3, -0.25) is 19.7 Å². The predicted octanol–water partition coefficient (Wildman–Crippen LogP) is 3.22. The van der Waals surface area contributed by atoms with E-state index in [0.717, 1.165) is 22.4 Å². The highest BCUT2D eigenvalue weighted by molar-refractivity contribution is 6.07. The zero-order valence-corrected chi connectivity index (χ0v) is 19.1. The van der Waals surface area contributed by atoms with Crippen LogP contribution in [0.25, 0.3) is 22.4 Å². The first-order valence-electron chi connectivity index (χ1n) is 11.1. The van der Waals surface area contributed by atoms with Gasteiger partial charge in [0.25, 0.3) is 0 Å². The van der Waals surface area contributed by atoms with Gasteiger partial charge in [-0.1, -0.05) is 43.3 Å². The van der Waals surface area contributed by atoms with Crippen molar-refractivity contribution in [2.24, 2.45) is 18.1 Å². The Hall–Kier alpha value is -4.60. The van der Waals surface area contributed by atoms with Crippen LogP contribution in [-0.2, 0) is 18.4 Å². The van der Waals surface area contributed by atoms with Crippen molar-refractivity contribution in [2.75, 3.05) is 0 Å². The molecule has 2 aromatic carbocycles. The van der Waals surface area contributed by atoms with E-state index < -0.39 is 16.2 Å². The predicted molar refractivity (Wildman–Crippen MR) is 131 cm³/mol. The molecule has 2 aromatic heterocycles. The highest BCUT2D eigenvalue weighted by Gasteiger charge is 2.24. The average Bonchev–Trinajstić information content (AvgIpc) is 3.18. The minimum absolute atomic E-state index is 0.0432. The van der Waals surface area contributed by atoms with Gasteiger partial charge in [0.1, 0.15) is 5.82 Å². The monoisotopic (exact) mass is 470 g/mol. The number of benzene rings is 2. The molecule has 0 radical (unpaired) electrons. The Balaban J connectivity index is 1.70. The Morgan fingerprint density at radius 1 is 1.11 bits per heavy atom. The Morgan fingerprint density at radius 3 is 2.60 bits per heavy atom. The van der Waals surface area contributed by atoms with Crippen molar-refractivity contribution in [1.82, 2.24) is 19.5 Å². The van der Waals surface area contributed by atoms with Crippen molar-refractivity contribution < 1.29 is 9.72 Å². The number of imidazole rings is 1. The third-order valence-electron chi connectivity index (χ3n) is 6.11. The fourth-order valence-corrected chi connectivity index (χ4v) is 4.39. The summed E-state index contributed by atoms with van der Waals surface area (Å²) in [6.45, 7) is 2.43. The molecule has 4 aromatic rings. The maximum absolute atomic E-state index is 12.3. The molecule has 5 rings (SSSR count). The minimum Gasteiger partial charge on any atom is -0.319 e. The molecule has 1 atom stereocenters. The van der Waals surface area contributed by atoms with Gasteiger partial charge in [-0.05, 0) is 17.7 Å². The number of hydrogen-bond donors (Lipinski definition) is 1. The second-order valence-corrected chi connectivity index (χ2v) is 8.64. The summed E-state index contributed by atoms with van der Waals surface area (Å²) in [7, 11) is 1.48. The number of nitrogens with one attached hydrogen (secondary N) is 1. The summed E-state index contributed by atoms with van der Waals surface area (Å²) < 4.78 is 3.18. The summed E-state index contributed by atoms with van der Waals surface area (Å²) in [5, 5.41) is 15.7. The molecule has 0 saturated heterocycles. The largest absolute Gasteiger partial charge is 0.334 e. The van der Waals surface area contributed by atoms with Crippen LogP contribution in [0.5, 0.6) is 0 Å². The Labute approximate surface area is 199 Å². The summed E-state index contributed by atoms with van der Waals surface area (Å²) in [6.07, 6.45) is 1.91.